The van der Waals surface area contributed by atoms with E-state index in [2.05, 4.69) is 24.2 Å². The lowest BCUT2D eigenvalue weighted by Crippen LogP contribution is -2.58. The van der Waals surface area contributed by atoms with Gasteiger partial charge in [0, 0.05) is 25.2 Å². The molecule has 0 amide bonds. The lowest BCUT2D eigenvalue weighted by Gasteiger charge is -2.38. The second-order valence-electron chi connectivity index (χ2n) is 4.21. The van der Waals surface area contributed by atoms with Crippen LogP contribution in [0.25, 0.3) is 0 Å². The number of hydrogen-bond donors (Lipinski definition) is 1. The third-order valence-electron chi connectivity index (χ3n) is 2.89. The SMILES string of the molecule is CC(NC1CN(C)C1)C1CC1. The monoisotopic (exact) mass is 154 g/mol. The molecule has 0 radical (unpaired) electrons. The van der Waals surface area contributed by atoms with Gasteiger partial charge >= 0.3 is 0 Å². The number of rotatable bonds is 3. The first-order chi connectivity index (χ1) is 5.25. The van der Waals surface area contributed by atoms with Crippen molar-refractivity contribution in [2.45, 2.75) is 31.8 Å². The standard InChI is InChI=1S/C9H18N2/c1-7(8-3-4-8)10-9-5-11(2)6-9/h7-10H,3-6H2,1-2H3. The molecule has 0 aromatic heterocycles. The Morgan fingerprint density at radius 3 is 2.45 bits per heavy atom. The van der Waals surface area contributed by atoms with Gasteiger partial charge in [0.15, 0.2) is 0 Å². The third-order valence-corrected chi connectivity index (χ3v) is 2.89. The van der Waals surface area contributed by atoms with Crippen molar-refractivity contribution in [3.8, 4) is 0 Å². The van der Waals surface area contributed by atoms with Crippen LogP contribution in [0.4, 0.5) is 0 Å². The number of nitrogens with one attached hydrogen (secondary N) is 1. The highest BCUT2D eigenvalue weighted by Gasteiger charge is 2.31. The average molecular weight is 154 g/mol. The molecule has 0 aromatic rings. The summed E-state index contributed by atoms with van der Waals surface area (Å²) in [5, 5.41) is 3.67. The first-order valence-corrected chi connectivity index (χ1v) is 4.70. The Labute approximate surface area is 69.0 Å². The van der Waals surface area contributed by atoms with Gasteiger partial charge in [-0.25, -0.2) is 0 Å². The van der Waals surface area contributed by atoms with Gasteiger partial charge in [-0.1, -0.05) is 0 Å². The van der Waals surface area contributed by atoms with Gasteiger partial charge in [0.05, 0.1) is 0 Å². The fourth-order valence-electron chi connectivity index (χ4n) is 1.91. The van der Waals surface area contributed by atoms with Crippen LogP contribution in [0.1, 0.15) is 19.8 Å². The molecule has 0 spiro atoms. The Bertz CT molecular complexity index is 136. The Hall–Kier alpha value is -0.0800. The summed E-state index contributed by atoms with van der Waals surface area (Å²) < 4.78 is 0. The highest BCUT2D eigenvalue weighted by molar-refractivity contribution is 4.90. The van der Waals surface area contributed by atoms with E-state index in [1.165, 1.54) is 25.9 Å². The molecule has 0 bridgehead atoms. The molecule has 1 unspecified atom stereocenters. The summed E-state index contributed by atoms with van der Waals surface area (Å²) in [7, 11) is 2.18. The number of nitrogens with zero attached hydrogens (tertiary/aromatic N) is 1. The van der Waals surface area contributed by atoms with Crippen LogP contribution in [0.15, 0.2) is 0 Å². The van der Waals surface area contributed by atoms with E-state index >= 15 is 0 Å². The van der Waals surface area contributed by atoms with Gasteiger partial charge < -0.3 is 10.2 Å². The fraction of sp³-hybridized carbons (Fsp3) is 1.00. The lowest BCUT2D eigenvalue weighted by atomic mass is 10.1. The molecule has 1 saturated heterocycles. The topological polar surface area (TPSA) is 15.3 Å². The van der Waals surface area contributed by atoms with Crippen molar-refractivity contribution in [2.24, 2.45) is 5.92 Å². The highest BCUT2D eigenvalue weighted by atomic mass is 15.2. The van der Waals surface area contributed by atoms with Gasteiger partial charge in [-0.15, -0.1) is 0 Å². The maximum atomic E-state index is 3.67. The molecule has 1 aliphatic carbocycles. The van der Waals surface area contributed by atoms with E-state index in [9.17, 15) is 0 Å². The highest BCUT2D eigenvalue weighted by Crippen LogP contribution is 2.32. The molecule has 1 atom stereocenters. The van der Waals surface area contributed by atoms with Crippen LogP contribution in [0.2, 0.25) is 0 Å². The van der Waals surface area contributed by atoms with Crippen LogP contribution in [-0.4, -0.2) is 37.1 Å². The minimum atomic E-state index is 0.772. The molecule has 1 heterocycles. The van der Waals surface area contributed by atoms with Crippen molar-refractivity contribution in [2.75, 3.05) is 20.1 Å². The van der Waals surface area contributed by atoms with Gasteiger partial charge in [-0.2, -0.15) is 0 Å². The van der Waals surface area contributed by atoms with E-state index in [-0.39, 0.29) is 0 Å². The summed E-state index contributed by atoms with van der Waals surface area (Å²) in [5.41, 5.74) is 0. The molecule has 1 aliphatic heterocycles. The number of likely N-dealkylation sites (tertiary alicyclic amines) is 1. The molecule has 2 rings (SSSR count). The van der Waals surface area contributed by atoms with E-state index < -0.39 is 0 Å². The zero-order valence-corrected chi connectivity index (χ0v) is 7.51. The molecule has 2 fully saturated rings. The molecule has 1 N–H and O–H groups in total. The van der Waals surface area contributed by atoms with Crippen LogP contribution in [-0.2, 0) is 0 Å². The Morgan fingerprint density at radius 1 is 1.36 bits per heavy atom. The van der Waals surface area contributed by atoms with Crippen LogP contribution >= 0.6 is 0 Å². The third kappa shape index (κ3) is 1.74. The van der Waals surface area contributed by atoms with Gasteiger partial charge in [0.1, 0.15) is 0 Å². The van der Waals surface area contributed by atoms with Gasteiger partial charge in [-0.3, -0.25) is 0 Å². The van der Waals surface area contributed by atoms with Crippen LogP contribution in [0.3, 0.4) is 0 Å². The van der Waals surface area contributed by atoms with Gasteiger partial charge in [-0.05, 0) is 32.7 Å². The van der Waals surface area contributed by atoms with E-state index in [1.807, 2.05) is 0 Å². The average Bonchev–Trinajstić information content (AvgIpc) is 2.64. The van der Waals surface area contributed by atoms with Gasteiger partial charge in [0.2, 0.25) is 0 Å². The van der Waals surface area contributed by atoms with Crippen LogP contribution in [0, 0.1) is 5.92 Å². The Morgan fingerprint density at radius 2 is 2.00 bits per heavy atom. The molecule has 11 heavy (non-hydrogen) atoms. The minimum absolute atomic E-state index is 0.772. The summed E-state index contributed by atoms with van der Waals surface area (Å²) in [4.78, 5) is 2.36. The molecule has 0 aromatic carbocycles. The quantitative estimate of drug-likeness (QED) is 0.643. The summed E-state index contributed by atoms with van der Waals surface area (Å²) in [5.74, 6) is 1.00. The molecular weight excluding hydrogens is 136 g/mol. The van der Waals surface area contributed by atoms with Gasteiger partial charge in [0.25, 0.3) is 0 Å². The molecular formula is C9H18N2. The normalized spacial score (nSPS) is 30.0. The lowest BCUT2D eigenvalue weighted by molar-refractivity contribution is 0.149. The molecule has 64 valence electrons. The zero-order chi connectivity index (χ0) is 7.84. The van der Waals surface area contributed by atoms with Crippen molar-refractivity contribution in [1.82, 2.24) is 10.2 Å². The first kappa shape index (κ1) is 7.56. The molecule has 2 nitrogen and oxygen atoms in total. The predicted molar refractivity (Wildman–Crippen MR) is 46.6 cm³/mol. The number of hydrogen-bond acceptors (Lipinski definition) is 2. The first-order valence-electron chi connectivity index (χ1n) is 4.70. The number of likely N-dealkylation sites (N-methyl/N-ethyl adjacent to an activating group) is 1. The van der Waals surface area contributed by atoms with Crippen molar-refractivity contribution >= 4 is 0 Å². The Kier molecular flexibility index (Phi) is 1.90. The largest absolute Gasteiger partial charge is 0.309 e. The summed E-state index contributed by atoms with van der Waals surface area (Å²) in [6, 6.07) is 1.56. The van der Waals surface area contributed by atoms with Crippen molar-refractivity contribution in [1.29, 1.82) is 0 Å². The van der Waals surface area contributed by atoms with E-state index in [1.54, 1.807) is 0 Å². The zero-order valence-electron chi connectivity index (χ0n) is 7.51. The molecule has 2 aliphatic rings. The maximum absolute atomic E-state index is 3.67. The Balaban J connectivity index is 1.65. The van der Waals surface area contributed by atoms with Crippen molar-refractivity contribution < 1.29 is 0 Å². The summed E-state index contributed by atoms with van der Waals surface area (Å²) >= 11 is 0. The second kappa shape index (κ2) is 2.76. The second-order valence-corrected chi connectivity index (χ2v) is 4.21. The molecule has 2 heteroatoms. The summed E-state index contributed by atoms with van der Waals surface area (Å²) in [6.07, 6.45) is 2.91. The van der Waals surface area contributed by atoms with Crippen LogP contribution in [0.5, 0.6) is 0 Å². The minimum Gasteiger partial charge on any atom is -0.309 e. The maximum Gasteiger partial charge on any atom is 0.0324 e. The van der Waals surface area contributed by atoms with Crippen LogP contribution < -0.4 is 5.32 Å². The molecule has 1 saturated carbocycles. The van der Waals surface area contributed by atoms with Crippen molar-refractivity contribution in [3.05, 3.63) is 0 Å². The van der Waals surface area contributed by atoms with E-state index in [0.29, 0.717) is 0 Å². The smallest absolute Gasteiger partial charge is 0.0324 e. The van der Waals surface area contributed by atoms with E-state index in [0.717, 1.165) is 18.0 Å². The van der Waals surface area contributed by atoms with Crippen molar-refractivity contribution in [3.63, 3.8) is 0 Å². The predicted octanol–water partition coefficient (Wildman–Crippen LogP) is 0.688. The summed E-state index contributed by atoms with van der Waals surface area (Å²) in [6.45, 7) is 4.82. The van der Waals surface area contributed by atoms with E-state index in [4.69, 9.17) is 0 Å². The fourth-order valence-corrected chi connectivity index (χ4v) is 1.91.